The Bertz CT molecular complexity index is 777. The minimum atomic E-state index is -0.207. The number of carbonyl (C=O) groups is 1. The lowest BCUT2D eigenvalue weighted by atomic mass is 10.1. The van der Waals surface area contributed by atoms with Crippen LogP contribution in [0.4, 0.5) is 10.5 Å². The molecule has 0 atom stereocenters. The van der Waals surface area contributed by atoms with Gasteiger partial charge in [0.25, 0.3) is 0 Å². The molecule has 1 heterocycles. The van der Waals surface area contributed by atoms with Crippen LogP contribution in [0.15, 0.2) is 67.3 Å². The van der Waals surface area contributed by atoms with Crippen LogP contribution in [0.5, 0.6) is 0 Å². The maximum atomic E-state index is 11.9. The van der Waals surface area contributed by atoms with E-state index >= 15 is 0 Å². The number of imidazole rings is 1. The third-order valence-corrected chi connectivity index (χ3v) is 3.71. The molecule has 0 saturated carbocycles. The van der Waals surface area contributed by atoms with Crippen molar-refractivity contribution in [1.82, 2.24) is 14.9 Å². The zero-order chi connectivity index (χ0) is 16.8. The number of aromatic nitrogens is 2. The second-order valence-electron chi connectivity index (χ2n) is 5.73. The first kappa shape index (κ1) is 15.8. The van der Waals surface area contributed by atoms with Gasteiger partial charge in [-0.25, -0.2) is 9.78 Å². The van der Waals surface area contributed by atoms with Gasteiger partial charge in [0, 0.05) is 31.2 Å². The zero-order valence-electron chi connectivity index (χ0n) is 13.6. The molecule has 5 nitrogen and oxygen atoms in total. The van der Waals surface area contributed by atoms with Crippen LogP contribution in [0.25, 0.3) is 0 Å². The van der Waals surface area contributed by atoms with Gasteiger partial charge in [-0.1, -0.05) is 42.0 Å². The van der Waals surface area contributed by atoms with Gasteiger partial charge in [-0.2, -0.15) is 0 Å². The number of nitrogens with zero attached hydrogens (tertiary/aromatic N) is 2. The third kappa shape index (κ3) is 4.46. The molecule has 0 radical (unpaired) electrons. The van der Waals surface area contributed by atoms with E-state index in [0.717, 1.165) is 23.4 Å². The molecule has 122 valence electrons. The predicted molar refractivity (Wildman–Crippen MR) is 94.8 cm³/mol. The van der Waals surface area contributed by atoms with Crippen molar-refractivity contribution >= 4 is 11.7 Å². The number of aryl methyl sites for hydroxylation is 1. The van der Waals surface area contributed by atoms with Crippen molar-refractivity contribution in [3.8, 4) is 0 Å². The molecule has 0 bridgehead atoms. The number of benzene rings is 2. The molecule has 2 aromatic carbocycles. The van der Waals surface area contributed by atoms with Crippen molar-refractivity contribution in [2.45, 2.75) is 20.0 Å². The SMILES string of the molecule is Cc1ccc(NC(=O)NCc2ccc(Cn3ccnc3)cc2)cc1. The summed E-state index contributed by atoms with van der Waals surface area (Å²) in [6, 6.07) is 15.7. The number of amides is 2. The van der Waals surface area contributed by atoms with Gasteiger partial charge < -0.3 is 15.2 Å². The maximum absolute atomic E-state index is 11.9. The minimum Gasteiger partial charge on any atom is -0.334 e. The minimum absolute atomic E-state index is 0.207. The fraction of sp³-hybridized carbons (Fsp3) is 0.158. The fourth-order valence-corrected chi connectivity index (χ4v) is 2.35. The Kier molecular flexibility index (Phi) is 4.91. The summed E-state index contributed by atoms with van der Waals surface area (Å²) in [6.45, 7) is 3.30. The monoisotopic (exact) mass is 320 g/mol. The second-order valence-corrected chi connectivity index (χ2v) is 5.73. The molecule has 24 heavy (non-hydrogen) atoms. The van der Waals surface area contributed by atoms with E-state index in [1.165, 1.54) is 5.56 Å². The third-order valence-electron chi connectivity index (χ3n) is 3.71. The predicted octanol–water partition coefficient (Wildman–Crippen LogP) is 3.56. The Balaban J connectivity index is 1.49. The molecule has 1 aromatic heterocycles. The maximum Gasteiger partial charge on any atom is 0.319 e. The van der Waals surface area contributed by atoms with Gasteiger partial charge in [0.2, 0.25) is 0 Å². The van der Waals surface area contributed by atoms with Crippen LogP contribution in [-0.4, -0.2) is 15.6 Å². The van der Waals surface area contributed by atoms with Crippen LogP contribution in [0.3, 0.4) is 0 Å². The van der Waals surface area contributed by atoms with Gasteiger partial charge in [0.05, 0.1) is 6.33 Å². The van der Waals surface area contributed by atoms with E-state index in [2.05, 4.69) is 27.8 Å². The largest absolute Gasteiger partial charge is 0.334 e. The molecule has 2 N–H and O–H groups in total. The molecule has 2 amide bonds. The highest BCUT2D eigenvalue weighted by molar-refractivity contribution is 5.89. The van der Waals surface area contributed by atoms with Crippen molar-refractivity contribution in [2.75, 3.05) is 5.32 Å². The van der Waals surface area contributed by atoms with E-state index in [-0.39, 0.29) is 6.03 Å². The first-order valence-corrected chi connectivity index (χ1v) is 7.84. The summed E-state index contributed by atoms with van der Waals surface area (Å²) < 4.78 is 2.02. The van der Waals surface area contributed by atoms with E-state index in [4.69, 9.17) is 0 Å². The van der Waals surface area contributed by atoms with Crippen LogP contribution >= 0.6 is 0 Å². The Morgan fingerprint density at radius 2 is 1.75 bits per heavy atom. The van der Waals surface area contributed by atoms with Gasteiger partial charge in [0.15, 0.2) is 0 Å². The van der Waals surface area contributed by atoms with E-state index in [1.807, 2.05) is 54.1 Å². The summed E-state index contributed by atoms with van der Waals surface area (Å²) >= 11 is 0. The van der Waals surface area contributed by atoms with Gasteiger partial charge in [-0.05, 0) is 30.2 Å². The smallest absolute Gasteiger partial charge is 0.319 e. The van der Waals surface area contributed by atoms with Gasteiger partial charge >= 0.3 is 6.03 Å². The molecule has 0 saturated heterocycles. The lowest BCUT2D eigenvalue weighted by Crippen LogP contribution is -2.28. The number of rotatable bonds is 5. The van der Waals surface area contributed by atoms with E-state index in [0.29, 0.717) is 6.54 Å². The van der Waals surface area contributed by atoms with Gasteiger partial charge in [-0.15, -0.1) is 0 Å². The molecule has 0 aliphatic heterocycles. The number of hydrogen-bond donors (Lipinski definition) is 2. The number of hydrogen-bond acceptors (Lipinski definition) is 2. The lowest BCUT2D eigenvalue weighted by Gasteiger charge is -2.09. The Morgan fingerprint density at radius 1 is 1.04 bits per heavy atom. The molecule has 3 aromatic rings. The summed E-state index contributed by atoms with van der Waals surface area (Å²) in [4.78, 5) is 15.9. The van der Waals surface area contributed by atoms with E-state index in [9.17, 15) is 4.79 Å². The van der Waals surface area contributed by atoms with Crippen molar-refractivity contribution < 1.29 is 4.79 Å². The highest BCUT2D eigenvalue weighted by Crippen LogP contribution is 2.09. The molecule has 0 aliphatic rings. The average Bonchev–Trinajstić information content (AvgIpc) is 3.09. The standard InChI is InChI=1S/C19H20N4O/c1-15-2-8-18(9-3-15)22-19(24)21-12-16-4-6-17(7-5-16)13-23-11-10-20-14-23/h2-11,14H,12-13H2,1H3,(H2,21,22,24). The zero-order valence-corrected chi connectivity index (χ0v) is 13.6. The lowest BCUT2D eigenvalue weighted by molar-refractivity contribution is 0.251. The first-order valence-electron chi connectivity index (χ1n) is 7.84. The van der Waals surface area contributed by atoms with Crippen LogP contribution in [-0.2, 0) is 13.1 Å². The molecule has 0 spiro atoms. The molecular formula is C19H20N4O. The summed E-state index contributed by atoms with van der Waals surface area (Å²) in [7, 11) is 0. The summed E-state index contributed by atoms with van der Waals surface area (Å²) in [5.41, 5.74) is 4.20. The van der Waals surface area contributed by atoms with Crippen LogP contribution in [0, 0.1) is 6.92 Å². The molecule has 3 rings (SSSR count). The van der Waals surface area contributed by atoms with Crippen molar-refractivity contribution in [3.05, 3.63) is 83.9 Å². The van der Waals surface area contributed by atoms with E-state index in [1.54, 1.807) is 12.5 Å². The van der Waals surface area contributed by atoms with Crippen LogP contribution < -0.4 is 10.6 Å². The van der Waals surface area contributed by atoms with Crippen molar-refractivity contribution in [2.24, 2.45) is 0 Å². The second kappa shape index (κ2) is 7.46. The first-order chi connectivity index (χ1) is 11.7. The topological polar surface area (TPSA) is 59.0 Å². The number of anilines is 1. The summed E-state index contributed by atoms with van der Waals surface area (Å²) in [5, 5.41) is 5.68. The Hall–Kier alpha value is -3.08. The van der Waals surface area contributed by atoms with E-state index < -0.39 is 0 Å². The molecule has 0 fully saturated rings. The molecule has 5 heteroatoms. The molecule has 0 aliphatic carbocycles. The quantitative estimate of drug-likeness (QED) is 0.755. The fourth-order valence-electron chi connectivity index (χ4n) is 2.35. The normalized spacial score (nSPS) is 10.4. The molecule has 0 unspecified atom stereocenters. The van der Waals surface area contributed by atoms with Crippen molar-refractivity contribution in [1.29, 1.82) is 0 Å². The molecular weight excluding hydrogens is 300 g/mol. The van der Waals surface area contributed by atoms with Crippen molar-refractivity contribution in [3.63, 3.8) is 0 Å². The van der Waals surface area contributed by atoms with Crippen LogP contribution in [0.2, 0.25) is 0 Å². The van der Waals surface area contributed by atoms with Gasteiger partial charge in [0.1, 0.15) is 0 Å². The van der Waals surface area contributed by atoms with Crippen LogP contribution in [0.1, 0.15) is 16.7 Å². The Labute approximate surface area is 141 Å². The summed E-state index contributed by atoms with van der Waals surface area (Å²) in [5.74, 6) is 0. The van der Waals surface area contributed by atoms with Gasteiger partial charge in [-0.3, -0.25) is 0 Å². The number of urea groups is 1. The highest BCUT2D eigenvalue weighted by atomic mass is 16.2. The average molecular weight is 320 g/mol. The number of carbonyl (C=O) groups excluding carboxylic acids is 1. The Morgan fingerprint density at radius 3 is 2.42 bits per heavy atom. The summed E-state index contributed by atoms with van der Waals surface area (Å²) in [6.07, 6.45) is 5.50. The highest BCUT2D eigenvalue weighted by Gasteiger charge is 2.02. The number of nitrogens with one attached hydrogen (secondary N) is 2.